The highest BCUT2D eigenvalue weighted by Crippen LogP contribution is 2.55. The maximum Gasteiger partial charge on any atom is 0.310 e. The number of esters is 1. The minimum Gasteiger partial charge on any atom is -0.504 e. The molecule has 28 heavy (non-hydrogen) atoms. The number of hydrogen-bond acceptors (Lipinski definition) is 8. The second-order valence-electron chi connectivity index (χ2n) is 7.17. The zero-order valence-electron chi connectivity index (χ0n) is 14.9. The van der Waals surface area contributed by atoms with E-state index in [1.54, 1.807) is 18.2 Å². The molecule has 8 nitrogen and oxygen atoms in total. The van der Waals surface area contributed by atoms with E-state index in [4.69, 9.17) is 18.9 Å². The summed E-state index contributed by atoms with van der Waals surface area (Å²) in [4.78, 5) is 12.6. The lowest BCUT2D eigenvalue weighted by molar-refractivity contribution is -0.141. The monoisotopic (exact) mass is 386 g/mol. The fourth-order valence-corrected chi connectivity index (χ4v) is 4.48. The van der Waals surface area contributed by atoms with Gasteiger partial charge in [-0.05, 0) is 41.0 Å². The Balaban J connectivity index is 1.75. The third-order valence-electron chi connectivity index (χ3n) is 5.80. The lowest BCUT2D eigenvalue weighted by Crippen LogP contribution is -2.34. The van der Waals surface area contributed by atoms with E-state index in [0.29, 0.717) is 28.2 Å². The molecule has 0 spiro atoms. The second kappa shape index (κ2) is 5.93. The molecule has 3 N–H and O–H groups in total. The van der Waals surface area contributed by atoms with E-state index in [0.717, 1.165) is 0 Å². The lowest BCUT2D eigenvalue weighted by Gasteiger charge is -2.36. The first-order valence-electron chi connectivity index (χ1n) is 8.87. The number of methoxy groups -OCH3 is 1. The van der Waals surface area contributed by atoms with Crippen molar-refractivity contribution in [1.29, 1.82) is 0 Å². The number of ether oxygens (including phenoxy) is 4. The van der Waals surface area contributed by atoms with Crippen molar-refractivity contribution >= 4 is 5.97 Å². The van der Waals surface area contributed by atoms with Crippen LogP contribution in [-0.4, -0.2) is 41.8 Å². The molecule has 1 aliphatic carbocycles. The van der Waals surface area contributed by atoms with Crippen molar-refractivity contribution in [3.8, 4) is 28.7 Å². The molecule has 1 fully saturated rings. The predicted molar refractivity (Wildman–Crippen MR) is 93.6 cm³/mol. The van der Waals surface area contributed by atoms with Gasteiger partial charge in [-0.3, -0.25) is 4.79 Å². The van der Waals surface area contributed by atoms with Gasteiger partial charge in [-0.2, -0.15) is 0 Å². The summed E-state index contributed by atoms with van der Waals surface area (Å²) < 4.78 is 21.3. The number of hydrogen-bond donors (Lipinski definition) is 3. The normalized spacial score (nSPS) is 27.1. The van der Waals surface area contributed by atoms with E-state index in [1.165, 1.54) is 13.2 Å². The van der Waals surface area contributed by atoms with Crippen LogP contribution in [0.15, 0.2) is 24.3 Å². The Hall–Kier alpha value is -3.13. The van der Waals surface area contributed by atoms with E-state index < -0.39 is 29.8 Å². The zero-order valence-corrected chi connectivity index (χ0v) is 14.9. The minimum atomic E-state index is -0.898. The molecule has 2 aliphatic heterocycles. The van der Waals surface area contributed by atoms with Gasteiger partial charge < -0.3 is 34.3 Å². The number of aliphatic hydroxyl groups is 1. The van der Waals surface area contributed by atoms with Crippen LogP contribution in [0.5, 0.6) is 28.7 Å². The number of carbonyl (C=O) groups excluding carboxylic acids is 1. The summed E-state index contributed by atoms with van der Waals surface area (Å²) in [5.41, 5.74) is 1.87. The van der Waals surface area contributed by atoms with Crippen molar-refractivity contribution in [3.63, 3.8) is 0 Å². The van der Waals surface area contributed by atoms with Gasteiger partial charge in [-0.1, -0.05) is 0 Å². The van der Waals surface area contributed by atoms with E-state index in [9.17, 15) is 20.1 Å². The molecule has 2 aromatic carbocycles. The van der Waals surface area contributed by atoms with Crippen molar-refractivity contribution in [2.45, 2.75) is 12.0 Å². The van der Waals surface area contributed by atoms with Gasteiger partial charge in [0.15, 0.2) is 23.0 Å². The molecule has 3 aliphatic rings. The Kier molecular flexibility index (Phi) is 3.60. The van der Waals surface area contributed by atoms with E-state index >= 15 is 0 Å². The van der Waals surface area contributed by atoms with Gasteiger partial charge >= 0.3 is 5.97 Å². The number of aliphatic hydroxyl groups excluding tert-OH is 1. The molecule has 1 saturated heterocycles. The highest BCUT2D eigenvalue weighted by molar-refractivity contribution is 5.79. The van der Waals surface area contributed by atoms with Crippen LogP contribution in [0.3, 0.4) is 0 Å². The van der Waals surface area contributed by atoms with E-state index in [-0.39, 0.29) is 30.6 Å². The Morgan fingerprint density at radius 3 is 2.46 bits per heavy atom. The molecule has 4 unspecified atom stereocenters. The molecule has 2 aromatic rings. The first-order chi connectivity index (χ1) is 13.5. The molecule has 146 valence electrons. The highest BCUT2D eigenvalue weighted by atomic mass is 16.7. The number of rotatable bonds is 2. The van der Waals surface area contributed by atoms with Crippen LogP contribution in [0.4, 0.5) is 0 Å². The van der Waals surface area contributed by atoms with Crippen molar-refractivity contribution in [3.05, 3.63) is 41.0 Å². The van der Waals surface area contributed by atoms with E-state index in [1.807, 2.05) is 0 Å². The third kappa shape index (κ3) is 2.24. The standard InChI is InChI=1S/C20H18O8/c1-25-15-3-8(2-12(21)19(15)23)16-9-4-13-14(28-7-27-13)5-10(9)18(22)11-6-26-20(24)17(11)16/h2-5,11,16-18,21-23H,6-7H2,1H3. The smallest absolute Gasteiger partial charge is 0.310 e. The van der Waals surface area contributed by atoms with Gasteiger partial charge in [0.1, 0.15) is 0 Å². The summed E-state index contributed by atoms with van der Waals surface area (Å²) in [5, 5.41) is 31.0. The minimum absolute atomic E-state index is 0.0850. The summed E-state index contributed by atoms with van der Waals surface area (Å²) >= 11 is 0. The molecule has 0 bridgehead atoms. The molecule has 0 saturated carbocycles. The molecule has 0 radical (unpaired) electrons. The van der Waals surface area contributed by atoms with Gasteiger partial charge in [-0.15, -0.1) is 0 Å². The summed E-state index contributed by atoms with van der Waals surface area (Å²) in [5.74, 6) is -1.60. The second-order valence-corrected chi connectivity index (χ2v) is 7.17. The van der Waals surface area contributed by atoms with Crippen LogP contribution in [0.2, 0.25) is 0 Å². The fraction of sp³-hybridized carbons (Fsp3) is 0.350. The highest BCUT2D eigenvalue weighted by Gasteiger charge is 2.52. The summed E-state index contributed by atoms with van der Waals surface area (Å²) in [6.07, 6.45) is -0.898. The van der Waals surface area contributed by atoms with E-state index in [2.05, 4.69) is 0 Å². The number of carbonyl (C=O) groups is 1. The quantitative estimate of drug-likeness (QED) is 0.529. The maximum absolute atomic E-state index is 12.6. The molecule has 4 atom stereocenters. The maximum atomic E-state index is 12.6. The Morgan fingerprint density at radius 1 is 1.04 bits per heavy atom. The van der Waals surface area contributed by atoms with Crippen LogP contribution in [0.1, 0.15) is 28.7 Å². The Labute approximate surface area is 159 Å². The molecule has 0 amide bonds. The number of aromatic hydroxyl groups is 2. The van der Waals surface area contributed by atoms with Gasteiger partial charge in [-0.25, -0.2) is 0 Å². The van der Waals surface area contributed by atoms with Crippen LogP contribution < -0.4 is 14.2 Å². The summed E-state index contributed by atoms with van der Waals surface area (Å²) in [6.45, 7) is 0.192. The molecular weight excluding hydrogens is 368 g/mol. The fourth-order valence-electron chi connectivity index (χ4n) is 4.48. The van der Waals surface area contributed by atoms with Gasteiger partial charge in [0.05, 0.1) is 25.7 Å². The van der Waals surface area contributed by atoms with Crippen LogP contribution in [0, 0.1) is 11.8 Å². The zero-order chi connectivity index (χ0) is 19.6. The van der Waals surface area contributed by atoms with Crippen LogP contribution in [0.25, 0.3) is 0 Å². The number of cyclic esters (lactones) is 1. The largest absolute Gasteiger partial charge is 0.504 e. The molecule has 5 rings (SSSR count). The first kappa shape index (κ1) is 17.0. The number of fused-ring (bicyclic) bond motifs is 3. The first-order valence-corrected chi connectivity index (χ1v) is 8.87. The van der Waals surface area contributed by atoms with Crippen molar-refractivity contribution in [2.24, 2.45) is 11.8 Å². The SMILES string of the molecule is COc1cc(C2c3cc4c(cc3C(O)C3COC(=O)C23)OCO4)cc(O)c1O. The van der Waals surface area contributed by atoms with Gasteiger partial charge in [0.2, 0.25) is 12.5 Å². The third-order valence-corrected chi connectivity index (χ3v) is 5.80. The average Bonchev–Trinajstić information content (AvgIpc) is 3.30. The summed E-state index contributed by atoms with van der Waals surface area (Å²) in [7, 11) is 1.38. The Bertz CT molecular complexity index is 985. The van der Waals surface area contributed by atoms with Crippen molar-refractivity contribution in [2.75, 3.05) is 20.5 Å². The van der Waals surface area contributed by atoms with Crippen molar-refractivity contribution in [1.82, 2.24) is 0 Å². The molecule has 8 heteroatoms. The molecular formula is C20H18O8. The Morgan fingerprint density at radius 2 is 1.75 bits per heavy atom. The van der Waals surface area contributed by atoms with Gasteiger partial charge in [0, 0.05) is 11.8 Å². The number of phenolic OH excluding ortho intramolecular Hbond substituents is 2. The summed E-state index contributed by atoms with van der Waals surface area (Å²) in [6, 6.07) is 6.46. The number of phenols is 2. The van der Waals surface area contributed by atoms with Crippen molar-refractivity contribution < 1.29 is 39.1 Å². The number of benzene rings is 2. The van der Waals surface area contributed by atoms with Crippen LogP contribution in [-0.2, 0) is 9.53 Å². The van der Waals surface area contributed by atoms with Crippen LogP contribution >= 0.6 is 0 Å². The predicted octanol–water partition coefficient (Wildman–Crippen LogP) is 1.80. The lowest BCUT2D eigenvalue weighted by atomic mass is 9.66. The average molecular weight is 386 g/mol. The molecule has 2 heterocycles. The topological polar surface area (TPSA) is 115 Å². The molecule has 0 aromatic heterocycles. The van der Waals surface area contributed by atoms with Gasteiger partial charge in [0.25, 0.3) is 0 Å².